The van der Waals surface area contributed by atoms with Gasteiger partial charge in [-0.05, 0) is 46.6 Å². The van der Waals surface area contributed by atoms with Crippen molar-refractivity contribution in [2.75, 3.05) is 5.32 Å². The SMILES string of the molecule is CC(Nc1cccc(Br)n1)c1ccccc1Cl. The van der Waals surface area contributed by atoms with Gasteiger partial charge in [-0.1, -0.05) is 35.9 Å². The normalized spacial score (nSPS) is 12.2. The van der Waals surface area contributed by atoms with Gasteiger partial charge < -0.3 is 5.32 Å². The second-order valence-corrected chi connectivity index (χ2v) is 4.95. The average Bonchev–Trinajstić information content (AvgIpc) is 2.29. The van der Waals surface area contributed by atoms with E-state index >= 15 is 0 Å². The van der Waals surface area contributed by atoms with Crippen molar-refractivity contribution in [2.45, 2.75) is 13.0 Å². The molecule has 0 saturated heterocycles. The summed E-state index contributed by atoms with van der Waals surface area (Å²) in [5, 5.41) is 4.08. The summed E-state index contributed by atoms with van der Waals surface area (Å²) in [6.07, 6.45) is 0. The molecule has 0 aliphatic carbocycles. The molecule has 0 amide bonds. The highest BCUT2D eigenvalue weighted by molar-refractivity contribution is 9.10. The van der Waals surface area contributed by atoms with Crippen LogP contribution in [0.25, 0.3) is 0 Å². The predicted octanol–water partition coefficient (Wildman–Crippen LogP) is 4.67. The van der Waals surface area contributed by atoms with E-state index in [1.165, 1.54) is 0 Å². The van der Waals surface area contributed by atoms with Crippen LogP contribution in [0.2, 0.25) is 5.02 Å². The van der Waals surface area contributed by atoms with Crippen LogP contribution < -0.4 is 5.32 Å². The van der Waals surface area contributed by atoms with E-state index in [2.05, 4.69) is 33.2 Å². The van der Waals surface area contributed by atoms with Gasteiger partial charge in [0.2, 0.25) is 0 Å². The first kappa shape index (κ1) is 12.4. The van der Waals surface area contributed by atoms with Gasteiger partial charge in [0.15, 0.2) is 0 Å². The number of benzene rings is 1. The van der Waals surface area contributed by atoms with E-state index in [1.54, 1.807) is 0 Å². The average molecular weight is 312 g/mol. The van der Waals surface area contributed by atoms with Crippen LogP contribution in [0.4, 0.5) is 5.82 Å². The monoisotopic (exact) mass is 310 g/mol. The quantitative estimate of drug-likeness (QED) is 0.833. The van der Waals surface area contributed by atoms with E-state index in [0.717, 1.165) is 21.0 Å². The summed E-state index contributed by atoms with van der Waals surface area (Å²) in [7, 11) is 0. The fourth-order valence-electron chi connectivity index (χ4n) is 1.61. The Kier molecular flexibility index (Phi) is 4.02. The number of rotatable bonds is 3. The summed E-state index contributed by atoms with van der Waals surface area (Å²) < 4.78 is 0.814. The topological polar surface area (TPSA) is 24.9 Å². The van der Waals surface area contributed by atoms with Crippen LogP contribution in [0.15, 0.2) is 47.1 Å². The molecular formula is C13H12BrClN2. The number of hydrogen-bond acceptors (Lipinski definition) is 2. The maximum absolute atomic E-state index is 6.15. The summed E-state index contributed by atoms with van der Waals surface area (Å²) in [6, 6.07) is 13.7. The molecule has 2 aromatic rings. The molecule has 88 valence electrons. The van der Waals surface area contributed by atoms with E-state index in [1.807, 2.05) is 42.5 Å². The zero-order valence-electron chi connectivity index (χ0n) is 9.32. The number of aromatic nitrogens is 1. The van der Waals surface area contributed by atoms with E-state index in [4.69, 9.17) is 11.6 Å². The molecule has 17 heavy (non-hydrogen) atoms. The number of hydrogen-bond donors (Lipinski definition) is 1. The zero-order valence-corrected chi connectivity index (χ0v) is 11.7. The third-order valence-electron chi connectivity index (χ3n) is 2.45. The third-order valence-corrected chi connectivity index (χ3v) is 3.24. The standard InChI is InChI=1S/C13H12BrClN2/c1-9(10-5-2-3-6-11(10)15)16-13-8-4-7-12(14)17-13/h2-9H,1H3,(H,16,17). The Morgan fingerprint density at radius 3 is 2.65 bits per heavy atom. The lowest BCUT2D eigenvalue weighted by Crippen LogP contribution is -2.08. The van der Waals surface area contributed by atoms with Crippen LogP contribution in [0.5, 0.6) is 0 Å². The van der Waals surface area contributed by atoms with Gasteiger partial charge in [0, 0.05) is 5.02 Å². The summed E-state index contributed by atoms with van der Waals surface area (Å²) in [6.45, 7) is 2.06. The molecule has 0 radical (unpaired) electrons. The smallest absolute Gasteiger partial charge is 0.127 e. The third kappa shape index (κ3) is 3.20. The summed E-state index contributed by atoms with van der Waals surface area (Å²) in [4.78, 5) is 4.33. The molecule has 1 N–H and O–H groups in total. The molecule has 1 atom stereocenters. The van der Waals surface area contributed by atoms with Crippen molar-refractivity contribution >= 4 is 33.3 Å². The van der Waals surface area contributed by atoms with Crippen LogP contribution in [0.3, 0.4) is 0 Å². The molecular weight excluding hydrogens is 300 g/mol. The molecule has 1 aromatic carbocycles. The first-order valence-electron chi connectivity index (χ1n) is 5.30. The van der Waals surface area contributed by atoms with Gasteiger partial charge in [-0.2, -0.15) is 0 Å². The second-order valence-electron chi connectivity index (χ2n) is 3.73. The predicted molar refractivity (Wildman–Crippen MR) is 75.4 cm³/mol. The molecule has 2 nitrogen and oxygen atoms in total. The highest BCUT2D eigenvalue weighted by atomic mass is 79.9. The maximum Gasteiger partial charge on any atom is 0.127 e. The Morgan fingerprint density at radius 2 is 1.94 bits per heavy atom. The van der Waals surface area contributed by atoms with Gasteiger partial charge in [0.1, 0.15) is 10.4 Å². The summed E-state index contributed by atoms with van der Waals surface area (Å²) in [5.41, 5.74) is 1.07. The first-order valence-corrected chi connectivity index (χ1v) is 6.47. The van der Waals surface area contributed by atoms with Crippen molar-refractivity contribution in [1.29, 1.82) is 0 Å². The lowest BCUT2D eigenvalue weighted by molar-refractivity contribution is 0.874. The molecule has 0 bridgehead atoms. The van der Waals surface area contributed by atoms with Gasteiger partial charge in [-0.3, -0.25) is 0 Å². The molecule has 0 spiro atoms. The molecule has 1 heterocycles. The second kappa shape index (κ2) is 5.52. The van der Waals surface area contributed by atoms with E-state index in [0.29, 0.717) is 0 Å². The lowest BCUT2D eigenvalue weighted by Gasteiger charge is -2.16. The maximum atomic E-state index is 6.15. The van der Waals surface area contributed by atoms with Crippen molar-refractivity contribution in [3.8, 4) is 0 Å². The number of nitrogens with zero attached hydrogens (tertiary/aromatic N) is 1. The van der Waals surface area contributed by atoms with Gasteiger partial charge >= 0.3 is 0 Å². The van der Waals surface area contributed by atoms with Crippen molar-refractivity contribution < 1.29 is 0 Å². The van der Waals surface area contributed by atoms with E-state index < -0.39 is 0 Å². The van der Waals surface area contributed by atoms with Crippen LogP contribution in [0.1, 0.15) is 18.5 Å². The first-order chi connectivity index (χ1) is 8.16. The minimum atomic E-state index is 0.116. The number of pyridine rings is 1. The summed E-state index contributed by atoms with van der Waals surface area (Å²) >= 11 is 9.49. The number of anilines is 1. The molecule has 0 fully saturated rings. The zero-order chi connectivity index (χ0) is 12.3. The molecule has 1 unspecified atom stereocenters. The fourth-order valence-corrected chi connectivity index (χ4v) is 2.26. The lowest BCUT2D eigenvalue weighted by atomic mass is 10.1. The Bertz CT molecular complexity index is 516. The molecule has 0 aliphatic heterocycles. The Hall–Kier alpha value is -1.06. The van der Waals surface area contributed by atoms with E-state index in [-0.39, 0.29) is 6.04 Å². The van der Waals surface area contributed by atoms with Gasteiger partial charge in [0.05, 0.1) is 6.04 Å². The highest BCUT2D eigenvalue weighted by Gasteiger charge is 2.09. The minimum Gasteiger partial charge on any atom is -0.363 e. The van der Waals surface area contributed by atoms with Gasteiger partial charge in [0.25, 0.3) is 0 Å². The van der Waals surface area contributed by atoms with Gasteiger partial charge in [-0.25, -0.2) is 4.98 Å². The number of halogens is 2. The number of nitrogens with one attached hydrogen (secondary N) is 1. The van der Waals surface area contributed by atoms with Crippen molar-refractivity contribution in [3.05, 3.63) is 57.7 Å². The molecule has 0 aliphatic rings. The van der Waals surface area contributed by atoms with Crippen LogP contribution in [-0.2, 0) is 0 Å². The molecule has 2 rings (SSSR count). The van der Waals surface area contributed by atoms with Crippen molar-refractivity contribution in [1.82, 2.24) is 4.98 Å². The van der Waals surface area contributed by atoms with Crippen LogP contribution >= 0.6 is 27.5 Å². The minimum absolute atomic E-state index is 0.116. The fraction of sp³-hybridized carbons (Fsp3) is 0.154. The van der Waals surface area contributed by atoms with Crippen LogP contribution in [0, 0.1) is 0 Å². The summed E-state index contributed by atoms with van der Waals surface area (Å²) in [5.74, 6) is 0.826. The molecule has 0 saturated carbocycles. The Labute approximate surface area is 114 Å². The van der Waals surface area contributed by atoms with Crippen molar-refractivity contribution in [3.63, 3.8) is 0 Å². The Balaban J connectivity index is 2.17. The molecule has 4 heteroatoms. The van der Waals surface area contributed by atoms with Crippen molar-refractivity contribution in [2.24, 2.45) is 0 Å². The largest absolute Gasteiger partial charge is 0.363 e. The highest BCUT2D eigenvalue weighted by Crippen LogP contribution is 2.25. The van der Waals surface area contributed by atoms with Crippen LogP contribution in [-0.4, -0.2) is 4.98 Å². The Morgan fingerprint density at radius 1 is 1.18 bits per heavy atom. The van der Waals surface area contributed by atoms with E-state index in [9.17, 15) is 0 Å². The molecule has 1 aromatic heterocycles. The van der Waals surface area contributed by atoms with Gasteiger partial charge in [-0.15, -0.1) is 0 Å².